The highest BCUT2D eigenvalue weighted by Gasteiger charge is 2.30. The lowest BCUT2D eigenvalue weighted by Crippen LogP contribution is -2.21. The second-order valence-corrected chi connectivity index (χ2v) is 7.68. The number of aromatic nitrogens is 2. The van der Waals surface area contributed by atoms with Gasteiger partial charge in [-0.25, -0.2) is 9.98 Å². The smallest absolute Gasteiger partial charge is 0.231 e. The highest BCUT2D eigenvalue weighted by atomic mass is 16.5. The number of aryl methyl sites for hydroxylation is 1. The van der Waals surface area contributed by atoms with Crippen LogP contribution in [0.1, 0.15) is 36.1 Å². The number of rotatable bonds is 5. The molecule has 3 aromatic carbocycles. The van der Waals surface area contributed by atoms with Crippen molar-refractivity contribution in [2.24, 2.45) is 4.99 Å². The topological polar surface area (TPSA) is 48.6 Å². The molecule has 0 N–H and O–H groups in total. The van der Waals surface area contributed by atoms with Crippen molar-refractivity contribution >= 4 is 22.7 Å². The van der Waals surface area contributed by atoms with Crippen LogP contribution < -0.4 is 9.47 Å². The van der Waals surface area contributed by atoms with E-state index in [0.717, 1.165) is 58.2 Å². The van der Waals surface area contributed by atoms with Crippen LogP contribution in [0.15, 0.2) is 71.7 Å². The van der Waals surface area contributed by atoms with Crippen LogP contribution in [-0.2, 0) is 6.42 Å². The van der Waals surface area contributed by atoms with Crippen molar-refractivity contribution in [1.82, 2.24) is 9.55 Å². The van der Waals surface area contributed by atoms with Gasteiger partial charge in [0.25, 0.3) is 0 Å². The number of aliphatic imine (C=N–C) groups is 1. The zero-order valence-electron chi connectivity index (χ0n) is 18.0. The monoisotopic (exact) mass is 411 g/mol. The maximum Gasteiger partial charge on any atom is 0.231 e. The fraction of sp³-hybridized carbons (Fsp3) is 0.231. The molecule has 0 amide bonds. The van der Waals surface area contributed by atoms with Crippen LogP contribution in [0.2, 0.25) is 0 Å². The third-order valence-electron chi connectivity index (χ3n) is 6.00. The first-order valence-corrected chi connectivity index (χ1v) is 10.6. The molecule has 1 aliphatic heterocycles. The molecule has 5 nitrogen and oxygen atoms in total. The molecule has 156 valence electrons. The van der Waals surface area contributed by atoms with Crippen molar-refractivity contribution in [2.45, 2.75) is 25.8 Å². The minimum atomic E-state index is -0.00852. The van der Waals surface area contributed by atoms with Crippen LogP contribution in [0.25, 0.3) is 11.0 Å². The number of fused-ring (bicyclic) bond motifs is 3. The minimum Gasteiger partial charge on any atom is -0.493 e. The number of imidazole rings is 1. The van der Waals surface area contributed by atoms with Gasteiger partial charge in [-0.1, -0.05) is 55.5 Å². The summed E-state index contributed by atoms with van der Waals surface area (Å²) in [5.41, 5.74) is 6.54. The first-order valence-electron chi connectivity index (χ1n) is 10.6. The summed E-state index contributed by atoms with van der Waals surface area (Å²) in [5.74, 6) is 2.19. The van der Waals surface area contributed by atoms with E-state index in [4.69, 9.17) is 19.5 Å². The SMILES string of the molecule is CCc1ccc(C2=Nc3nc4ccccc4n3C(c3cccc(OC)c3OC)C2)cc1. The summed E-state index contributed by atoms with van der Waals surface area (Å²) in [5, 5.41) is 0. The van der Waals surface area contributed by atoms with Gasteiger partial charge in [0.2, 0.25) is 5.95 Å². The lowest BCUT2D eigenvalue weighted by molar-refractivity contribution is 0.348. The predicted octanol–water partition coefficient (Wildman–Crippen LogP) is 5.73. The van der Waals surface area contributed by atoms with Gasteiger partial charge in [0.1, 0.15) is 0 Å². The van der Waals surface area contributed by atoms with Crippen molar-refractivity contribution in [3.05, 3.63) is 83.4 Å². The second kappa shape index (κ2) is 7.91. The molecule has 1 atom stereocenters. The lowest BCUT2D eigenvalue weighted by Gasteiger charge is -2.28. The number of hydrogen-bond acceptors (Lipinski definition) is 4. The fourth-order valence-corrected chi connectivity index (χ4v) is 4.40. The highest BCUT2D eigenvalue weighted by Crippen LogP contribution is 2.43. The van der Waals surface area contributed by atoms with Crippen molar-refractivity contribution in [3.8, 4) is 11.5 Å². The number of methoxy groups -OCH3 is 2. The second-order valence-electron chi connectivity index (χ2n) is 7.68. The molecule has 2 heterocycles. The quantitative estimate of drug-likeness (QED) is 0.421. The molecule has 0 spiro atoms. The number of hydrogen-bond donors (Lipinski definition) is 0. The van der Waals surface area contributed by atoms with Gasteiger partial charge in [-0.15, -0.1) is 0 Å². The third kappa shape index (κ3) is 3.26. The van der Waals surface area contributed by atoms with E-state index in [1.165, 1.54) is 5.56 Å². The Morgan fingerprint density at radius 1 is 0.935 bits per heavy atom. The van der Waals surface area contributed by atoms with Crippen molar-refractivity contribution in [2.75, 3.05) is 14.2 Å². The van der Waals surface area contributed by atoms with Gasteiger partial charge in [-0.3, -0.25) is 0 Å². The number of ether oxygens (including phenoxy) is 2. The normalized spacial score (nSPS) is 15.5. The number of para-hydroxylation sites is 3. The van der Waals surface area contributed by atoms with Crippen molar-refractivity contribution in [3.63, 3.8) is 0 Å². The maximum atomic E-state index is 5.80. The molecule has 0 aliphatic carbocycles. The first kappa shape index (κ1) is 19.4. The zero-order valence-corrected chi connectivity index (χ0v) is 18.0. The number of benzene rings is 3. The minimum absolute atomic E-state index is 0.00852. The Balaban J connectivity index is 1.71. The predicted molar refractivity (Wildman–Crippen MR) is 124 cm³/mol. The summed E-state index contributed by atoms with van der Waals surface area (Å²) in [7, 11) is 3.36. The van der Waals surface area contributed by atoms with Gasteiger partial charge in [-0.05, 0) is 35.7 Å². The molecule has 0 saturated heterocycles. The molecular weight excluding hydrogens is 386 g/mol. The van der Waals surface area contributed by atoms with Crippen LogP contribution in [0.4, 0.5) is 5.95 Å². The van der Waals surface area contributed by atoms with Gasteiger partial charge in [0.15, 0.2) is 11.5 Å². The summed E-state index contributed by atoms with van der Waals surface area (Å²) in [6.45, 7) is 2.17. The third-order valence-corrected chi connectivity index (χ3v) is 6.00. The maximum absolute atomic E-state index is 5.80. The van der Waals surface area contributed by atoms with E-state index in [0.29, 0.717) is 0 Å². The molecule has 4 aromatic rings. The van der Waals surface area contributed by atoms with Gasteiger partial charge in [-0.2, -0.15) is 0 Å². The Hall–Kier alpha value is -3.60. The lowest BCUT2D eigenvalue weighted by atomic mass is 9.94. The summed E-state index contributed by atoms with van der Waals surface area (Å²) in [4.78, 5) is 9.82. The first-order chi connectivity index (χ1) is 15.2. The molecule has 1 unspecified atom stereocenters. The Morgan fingerprint density at radius 3 is 2.48 bits per heavy atom. The van der Waals surface area contributed by atoms with Crippen LogP contribution in [0.5, 0.6) is 11.5 Å². The van der Waals surface area contributed by atoms with Crippen LogP contribution in [0, 0.1) is 0 Å². The molecule has 5 heteroatoms. The Labute approximate surface area is 182 Å². The average molecular weight is 412 g/mol. The largest absolute Gasteiger partial charge is 0.493 e. The van der Waals surface area contributed by atoms with E-state index in [1.54, 1.807) is 14.2 Å². The van der Waals surface area contributed by atoms with Gasteiger partial charge in [0.05, 0.1) is 37.0 Å². The molecule has 0 saturated carbocycles. The Morgan fingerprint density at radius 2 is 1.74 bits per heavy atom. The fourth-order valence-electron chi connectivity index (χ4n) is 4.40. The Bertz CT molecular complexity index is 1270. The molecule has 1 aromatic heterocycles. The molecule has 0 fully saturated rings. The Kier molecular flexibility index (Phi) is 4.94. The zero-order chi connectivity index (χ0) is 21.4. The summed E-state index contributed by atoms with van der Waals surface area (Å²) in [6, 6.07) is 22.9. The van der Waals surface area contributed by atoms with E-state index >= 15 is 0 Å². The van der Waals surface area contributed by atoms with E-state index in [-0.39, 0.29) is 6.04 Å². The molecule has 31 heavy (non-hydrogen) atoms. The van der Waals surface area contributed by atoms with Crippen LogP contribution in [0.3, 0.4) is 0 Å². The highest BCUT2D eigenvalue weighted by molar-refractivity contribution is 6.03. The summed E-state index contributed by atoms with van der Waals surface area (Å²) in [6.07, 6.45) is 1.76. The van der Waals surface area contributed by atoms with Crippen LogP contribution >= 0.6 is 0 Å². The van der Waals surface area contributed by atoms with Gasteiger partial charge in [0, 0.05) is 12.0 Å². The molecule has 0 radical (unpaired) electrons. The van der Waals surface area contributed by atoms with E-state index in [9.17, 15) is 0 Å². The van der Waals surface area contributed by atoms with E-state index in [2.05, 4.69) is 47.9 Å². The molecule has 0 bridgehead atoms. The van der Waals surface area contributed by atoms with Crippen molar-refractivity contribution in [1.29, 1.82) is 0 Å². The van der Waals surface area contributed by atoms with E-state index < -0.39 is 0 Å². The van der Waals surface area contributed by atoms with Crippen molar-refractivity contribution < 1.29 is 9.47 Å². The average Bonchev–Trinajstić information content (AvgIpc) is 3.21. The van der Waals surface area contributed by atoms with Gasteiger partial charge < -0.3 is 14.0 Å². The van der Waals surface area contributed by atoms with E-state index in [1.807, 2.05) is 30.3 Å². The standard InChI is InChI=1S/C26H25N3O2/c1-4-17-12-14-18(15-13-17)21-16-23(19-8-7-11-24(30-2)25(19)31-3)29-22-10-6-5-9-20(22)27-26(29)28-21/h5-15,23H,4,16H2,1-3H3. The number of nitrogens with zero attached hydrogens (tertiary/aromatic N) is 3. The van der Waals surface area contributed by atoms with Gasteiger partial charge >= 0.3 is 0 Å². The molecule has 5 rings (SSSR count). The molecular formula is C26H25N3O2. The van der Waals surface area contributed by atoms with Crippen LogP contribution in [-0.4, -0.2) is 29.5 Å². The summed E-state index contributed by atoms with van der Waals surface area (Å²) >= 11 is 0. The molecule has 1 aliphatic rings. The summed E-state index contributed by atoms with van der Waals surface area (Å²) < 4.78 is 13.6.